The second-order valence-corrected chi connectivity index (χ2v) is 9.09. The zero-order valence-corrected chi connectivity index (χ0v) is 19.8. The van der Waals surface area contributed by atoms with Crippen molar-refractivity contribution in [1.82, 2.24) is 4.98 Å². The lowest BCUT2D eigenvalue weighted by atomic mass is 9.98. The van der Waals surface area contributed by atoms with E-state index in [4.69, 9.17) is 18.9 Å². The highest BCUT2D eigenvalue weighted by Gasteiger charge is 2.45. The van der Waals surface area contributed by atoms with Gasteiger partial charge < -0.3 is 13.9 Å². The molecule has 0 bridgehead atoms. The average molecular weight is 485 g/mol. The molecule has 0 spiro atoms. The molecule has 0 aliphatic carbocycles. The summed E-state index contributed by atoms with van der Waals surface area (Å²) in [6, 6.07) is 19.3. The topological polar surface area (TPSA) is 81.9 Å². The number of para-hydroxylation sites is 1. The van der Waals surface area contributed by atoms with Crippen LogP contribution in [0, 0.1) is 0 Å². The predicted octanol–water partition coefficient (Wildman–Crippen LogP) is 5.56. The van der Waals surface area contributed by atoms with Crippen molar-refractivity contribution in [2.24, 2.45) is 0 Å². The minimum absolute atomic E-state index is 0.0452. The zero-order chi connectivity index (χ0) is 24.1. The first-order valence-corrected chi connectivity index (χ1v) is 12.0. The number of anilines is 1. The average Bonchev–Trinajstić information content (AvgIpc) is 3.43. The normalized spacial score (nSPS) is 15.1. The molecule has 3 aromatic carbocycles. The van der Waals surface area contributed by atoms with E-state index in [1.54, 1.807) is 36.3 Å². The summed E-state index contributed by atoms with van der Waals surface area (Å²) in [6.45, 7) is 2.48. The van der Waals surface area contributed by atoms with Crippen molar-refractivity contribution in [3.05, 3.63) is 93.8 Å². The number of hydrogen-bond donors (Lipinski definition) is 0. The van der Waals surface area contributed by atoms with E-state index in [9.17, 15) is 9.59 Å². The highest BCUT2D eigenvalue weighted by atomic mass is 32.1. The van der Waals surface area contributed by atoms with Gasteiger partial charge in [0.1, 0.15) is 17.1 Å². The molecule has 0 radical (unpaired) electrons. The van der Waals surface area contributed by atoms with Gasteiger partial charge in [-0.1, -0.05) is 35.6 Å². The summed E-state index contributed by atoms with van der Waals surface area (Å²) < 4.78 is 17.8. The second-order valence-electron chi connectivity index (χ2n) is 8.08. The number of methoxy groups -OCH3 is 1. The van der Waals surface area contributed by atoms with Gasteiger partial charge in [-0.3, -0.25) is 14.5 Å². The van der Waals surface area contributed by atoms with Crippen LogP contribution >= 0.6 is 11.3 Å². The van der Waals surface area contributed by atoms with Crippen LogP contribution < -0.4 is 19.8 Å². The van der Waals surface area contributed by atoms with Crippen LogP contribution in [0.4, 0.5) is 5.13 Å². The maximum absolute atomic E-state index is 13.8. The number of amides is 1. The fourth-order valence-corrected chi connectivity index (χ4v) is 5.49. The molecule has 0 saturated heterocycles. The molecule has 1 aliphatic rings. The number of aromatic nitrogens is 1. The van der Waals surface area contributed by atoms with E-state index < -0.39 is 11.9 Å². The molecule has 2 aromatic heterocycles. The minimum atomic E-state index is -0.684. The maximum atomic E-state index is 13.8. The summed E-state index contributed by atoms with van der Waals surface area (Å²) in [7, 11) is 1.59. The van der Waals surface area contributed by atoms with Crippen LogP contribution in [0.25, 0.3) is 21.2 Å². The van der Waals surface area contributed by atoms with Gasteiger partial charge in [-0.05, 0) is 55.0 Å². The van der Waals surface area contributed by atoms with Gasteiger partial charge in [-0.25, -0.2) is 4.98 Å². The van der Waals surface area contributed by atoms with Gasteiger partial charge in [0.15, 0.2) is 10.6 Å². The molecule has 0 unspecified atom stereocenters. The summed E-state index contributed by atoms with van der Waals surface area (Å²) in [5.41, 5.74) is 1.97. The molecule has 1 aliphatic heterocycles. The summed E-state index contributed by atoms with van der Waals surface area (Å²) in [5, 5.41) is 0.916. The lowest BCUT2D eigenvalue weighted by Crippen LogP contribution is -2.29. The van der Waals surface area contributed by atoms with Gasteiger partial charge in [-0.2, -0.15) is 0 Å². The van der Waals surface area contributed by atoms with Crippen LogP contribution in [0.15, 0.2) is 75.9 Å². The summed E-state index contributed by atoms with van der Waals surface area (Å²) in [6.07, 6.45) is 0. The van der Waals surface area contributed by atoms with E-state index in [0.29, 0.717) is 34.0 Å². The van der Waals surface area contributed by atoms with E-state index in [1.807, 2.05) is 49.4 Å². The molecule has 3 heterocycles. The first kappa shape index (κ1) is 21.4. The highest BCUT2D eigenvalue weighted by molar-refractivity contribution is 7.22. The third kappa shape index (κ3) is 3.37. The van der Waals surface area contributed by atoms with Crippen LogP contribution in [0.2, 0.25) is 0 Å². The SMILES string of the molecule is CCOc1ccc2nc(N3C(=O)c4oc5ccccc5c(=O)c4[C@H]3c3ccc(OC)cc3)sc2c1. The Morgan fingerprint density at radius 1 is 1.03 bits per heavy atom. The Balaban J connectivity index is 1.57. The van der Waals surface area contributed by atoms with Gasteiger partial charge in [0, 0.05) is 0 Å². The number of ether oxygens (including phenoxy) is 2. The van der Waals surface area contributed by atoms with Crippen LogP contribution in [0.5, 0.6) is 11.5 Å². The van der Waals surface area contributed by atoms with Crippen molar-refractivity contribution in [1.29, 1.82) is 0 Å². The van der Waals surface area contributed by atoms with E-state index in [0.717, 1.165) is 21.5 Å². The molecule has 7 nitrogen and oxygen atoms in total. The van der Waals surface area contributed by atoms with E-state index in [2.05, 4.69) is 0 Å². The largest absolute Gasteiger partial charge is 0.497 e. The van der Waals surface area contributed by atoms with Crippen molar-refractivity contribution in [3.63, 3.8) is 0 Å². The minimum Gasteiger partial charge on any atom is -0.497 e. The number of nitrogens with zero attached hydrogens (tertiary/aromatic N) is 2. The lowest BCUT2D eigenvalue weighted by Gasteiger charge is -2.22. The van der Waals surface area contributed by atoms with Gasteiger partial charge >= 0.3 is 0 Å². The monoisotopic (exact) mass is 484 g/mol. The third-order valence-electron chi connectivity index (χ3n) is 6.07. The van der Waals surface area contributed by atoms with Gasteiger partial charge in [0.25, 0.3) is 5.91 Å². The molecule has 6 rings (SSSR count). The highest BCUT2D eigenvalue weighted by Crippen LogP contribution is 2.44. The van der Waals surface area contributed by atoms with Crippen molar-refractivity contribution >= 4 is 43.6 Å². The van der Waals surface area contributed by atoms with Crippen molar-refractivity contribution < 1.29 is 18.7 Å². The Hall–Kier alpha value is -4.17. The molecule has 1 atom stereocenters. The Kier molecular flexibility index (Phi) is 5.04. The predicted molar refractivity (Wildman–Crippen MR) is 135 cm³/mol. The summed E-state index contributed by atoms with van der Waals surface area (Å²) >= 11 is 1.37. The van der Waals surface area contributed by atoms with E-state index in [-0.39, 0.29) is 11.2 Å². The molecular formula is C27H20N2O5S. The third-order valence-corrected chi connectivity index (χ3v) is 7.09. The quantitative estimate of drug-likeness (QED) is 0.325. The molecule has 35 heavy (non-hydrogen) atoms. The molecule has 0 saturated carbocycles. The number of carbonyl (C=O) groups excluding carboxylic acids is 1. The standard InChI is InChI=1S/C27H20N2O5S/c1-3-33-17-12-13-19-21(14-17)35-27(28-19)29-23(15-8-10-16(32-2)11-9-15)22-24(30)18-6-4-5-7-20(18)34-25(22)26(29)31/h4-14,23H,3H2,1-2H3/t23-/m1/s1. The fourth-order valence-electron chi connectivity index (χ4n) is 4.47. The Morgan fingerprint density at radius 2 is 1.80 bits per heavy atom. The van der Waals surface area contributed by atoms with Crippen molar-refractivity contribution in [2.45, 2.75) is 13.0 Å². The number of carbonyl (C=O) groups is 1. The Morgan fingerprint density at radius 3 is 2.57 bits per heavy atom. The number of thiazole rings is 1. The fraction of sp³-hybridized carbons (Fsp3) is 0.148. The van der Waals surface area contributed by atoms with E-state index in [1.165, 1.54) is 11.3 Å². The molecule has 174 valence electrons. The Bertz CT molecular complexity index is 1650. The smallest absolute Gasteiger partial charge is 0.297 e. The first-order valence-electron chi connectivity index (χ1n) is 11.2. The lowest BCUT2D eigenvalue weighted by molar-refractivity contribution is 0.0971. The number of benzene rings is 3. The van der Waals surface area contributed by atoms with Crippen LogP contribution in [0.3, 0.4) is 0 Å². The second kappa shape index (κ2) is 8.25. The summed E-state index contributed by atoms with van der Waals surface area (Å²) in [5.74, 6) is 1.07. The van der Waals surface area contributed by atoms with Gasteiger partial charge in [0.2, 0.25) is 5.76 Å². The number of fused-ring (bicyclic) bond motifs is 3. The van der Waals surface area contributed by atoms with Crippen LogP contribution in [-0.4, -0.2) is 24.6 Å². The number of rotatable bonds is 5. The first-order chi connectivity index (χ1) is 17.1. The van der Waals surface area contributed by atoms with Crippen molar-refractivity contribution in [2.75, 3.05) is 18.6 Å². The maximum Gasteiger partial charge on any atom is 0.297 e. The molecule has 0 fully saturated rings. The summed E-state index contributed by atoms with van der Waals surface area (Å²) in [4.78, 5) is 33.7. The van der Waals surface area contributed by atoms with Gasteiger partial charge in [0.05, 0.1) is 40.9 Å². The Labute approximate surface area is 204 Å². The zero-order valence-electron chi connectivity index (χ0n) is 19.0. The number of hydrogen-bond acceptors (Lipinski definition) is 7. The van der Waals surface area contributed by atoms with Crippen LogP contribution in [-0.2, 0) is 0 Å². The molecule has 1 amide bonds. The molecular weight excluding hydrogens is 464 g/mol. The van der Waals surface area contributed by atoms with Crippen molar-refractivity contribution in [3.8, 4) is 11.5 Å². The molecule has 8 heteroatoms. The van der Waals surface area contributed by atoms with Crippen LogP contribution in [0.1, 0.15) is 34.6 Å². The van der Waals surface area contributed by atoms with Gasteiger partial charge in [-0.15, -0.1) is 0 Å². The molecule has 0 N–H and O–H groups in total. The molecule has 5 aromatic rings. The van der Waals surface area contributed by atoms with E-state index >= 15 is 0 Å².